The van der Waals surface area contributed by atoms with Crippen molar-refractivity contribution in [2.24, 2.45) is 5.92 Å². The molecule has 1 N–H and O–H groups in total. The summed E-state index contributed by atoms with van der Waals surface area (Å²) in [4.78, 5) is 0. The van der Waals surface area contributed by atoms with Gasteiger partial charge < -0.3 is 5.32 Å². The highest BCUT2D eigenvalue weighted by molar-refractivity contribution is 5.24. The molecule has 1 rings (SSSR count). The Kier molecular flexibility index (Phi) is 6.25. The lowest BCUT2D eigenvalue weighted by atomic mass is 10.1. The molecule has 3 heteroatoms. The van der Waals surface area contributed by atoms with E-state index < -0.39 is 0 Å². The molecule has 1 aromatic heterocycles. The quantitative estimate of drug-likeness (QED) is 0.821. The van der Waals surface area contributed by atoms with Crippen molar-refractivity contribution < 1.29 is 0 Å². The van der Waals surface area contributed by atoms with Crippen molar-refractivity contribution in [3.05, 3.63) is 17.0 Å². The van der Waals surface area contributed by atoms with Gasteiger partial charge in [-0.2, -0.15) is 5.10 Å². The Bertz CT molecular complexity index is 411. The van der Waals surface area contributed by atoms with Gasteiger partial charge in [-0.15, -0.1) is 0 Å². The maximum absolute atomic E-state index is 4.71. The maximum Gasteiger partial charge on any atom is 0.0628 e. The summed E-state index contributed by atoms with van der Waals surface area (Å²) >= 11 is 0. The second-order valence-corrected chi connectivity index (χ2v) is 7.34. The summed E-state index contributed by atoms with van der Waals surface area (Å²) in [6.45, 7) is 17.6. The van der Waals surface area contributed by atoms with Crippen LogP contribution in [0.3, 0.4) is 0 Å². The van der Waals surface area contributed by atoms with Gasteiger partial charge in [-0.3, -0.25) is 4.68 Å². The molecule has 20 heavy (non-hydrogen) atoms. The molecule has 1 aromatic rings. The summed E-state index contributed by atoms with van der Waals surface area (Å²) in [5.41, 5.74) is 4.16. The molecule has 0 atom stereocenters. The van der Waals surface area contributed by atoms with Crippen LogP contribution in [0.4, 0.5) is 0 Å². The second-order valence-electron chi connectivity index (χ2n) is 7.34. The Balaban J connectivity index is 2.57. The van der Waals surface area contributed by atoms with E-state index in [-0.39, 0.29) is 5.54 Å². The first-order valence-corrected chi connectivity index (χ1v) is 7.98. The minimum atomic E-state index is 0.190. The zero-order chi connectivity index (χ0) is 15.3. The molecule has 0 amide bonds. The van der Waals surface area contributed by atoms with Gasteiger partial charge in [-0.05, 0) is 71.9 Å². The first-order chi connectivity index (χ1) is 9.20. The van der Waals surface area contributed by atoms with Crippen molar-refractivity contribution in [3.8, 4) is 0 Å². The minimum Gasteiger partial charge on any atom is -0.312 e. The molecule has 116 valence electrons. The van der Waals surface area contributed by atoms with Crippen molar-refractivity contribution in [1.82, 2.24) is 15.1 Å². The van der Waals surface area contributed by atoms with Crippen LogP contribution in [-0.4, -0.2) is 21.9 Å². The lowest BCUT2D eigenvalue weighted by molar-refractivity contribution is 0.429. The van der Waals surface area contributed by atoms with Gasteiger partial charge in [0.15, 0.2) is 0 Å². The van der Waals surface area contributed by atoms with E-state index in [1.807, 2.05) is 0 Å². The predicted molar refractivity (Wildman–Crippen MR) is 87.2 cm³/mol. The molecule has 0 aromatic carbocycles. The molecule has 0 aliphatic carbocycles. The molecule has 0 spiro atoms. The first kappa shape index (κ1) is 17.2. The summed E-state index contributed by atoms with van der Waals surface area (Å²) < 4.78 is 2.20. The van der Waals surface area contributed by atoms with E-state index in [0.717, 1.165) is 25.4 Å². The number of nitrogens with one attached hydrogen (secondary N) is 1. The van der Waals surface area contributed by atoms with Gasteiger partial charge >= 0.3 is 0 Å². The van der Waals surface area contributed by atoms with Gasteiger partial charge in [-0.1, -0.05) is 13.8 Å². The Morgan fingerprint density at radius 2 is 1.85 bits per heavy atom. The lowest BCUT2D eigenvalue weighted by Gasteiger charge is -2.20. The average molecular weight is 279 g/mol. The van der Waals surface area contributed by atoms with Gasteiger partial charge in [0.05, 0.1) is 5.69 Å². The van der Waals surface area contributed by atoms with Gasteiger partial charge in [0, 0.05) is 17.8 Å². The third-order valence-electron chi connectivity index (χ3n) is 3.71. The number of hydrogen-bond acceptors (Lipinski definition) is 2. The summed E-state index contributed by atoms with van der Waals surface area (Å²) in [6.07, 6.45) is 3.57. The number of aromatic nitrogens is 2. The van der Waals surface area contributed by atoms with Gasteiger partial charge in [0.2, 0.25) is 0 Å². The lowest BCUT2D eigenvalue weighted by Crippen LogP contribution is -2.37. The van der Waals surface area contributed by atoms with Crippen LogP contribution in [0.15, 0.2) is 0 Å². The van der Waals surface area contributed by atoms with Crippen LogP contribution in [0.5, 0.6) is 0 Å². The zero-order valence-corrected chi connectivity index (χ0v) is 14.5. The molecule has 3 nitrogen and oxygen atoms in total. The third kappa shape index (κ3) is 5.66. The third-order valence-corrected chi connectivity index (χ3v) is 3.71. The van der Waals surface area contributed by atoms with E-state index in [2.05, 4.69) is 58.5 Å². The van der Waals surface area contributed by atoms with Crippen LogP contribution in [-0.2, 0) is 13.0 Å². The topological polar surface area (TPSA) is 29.9 Å². The fourth-order valence-corrected chi connectivity index (χ4v) is 2.53. The van der Waals surface area contributed by atoms with Crippen LogP contribution in [0.25, 0.3) is 0 Å². The largest absolute Gasteiger partial charge is 0.312 e. The van der Waals surface area contributed by atoms with Gasteiger partial charge in [-0.25, -0.2) is 0 Å². The van der Waals surface area contributed by atoms with Gasteiger partial charge in [0.25, 0.3) is 0 Å². The number of hydrogen-bond donors (Lipinski definition) is 1. The van der Waals surface area contributed by atoms with Crippen molar-refractivity contribution in [1.29, 1.82) is 0 Å². The van der Waals surface area contributed by atoms with Crippen LogP contribution in [0, 0.1) is 19.8 Å². The number of nitrogens with zero attached hydrogens (tertiary/aromatic N) is 2. The Morgan fingerprint density at radius 3 is 2.40 bits per heavy atom. The van der Waals surface area contributed by atoms with E-state index in [1.54, 1.807) is 0 Å². The van der Waals surface area contributed by atoms with E-state index >= 15 is 0 Å². The smallest absolute Gasteiger partial charge is 0.0628 e. The summed E-state index contributed by atoms with van der Waals surface area (Å²) in [5, 5.41) is 8.27. The Morgan fingerprint density at radius 1 is 1.20 bits per heavy atom. The van der Waals surface area contributed by atoms with Crippen molar-refractivity contribution in [2.45, 2.75) is 79.8 Å². The molecule has 0 aliphatic heterocycles. The Hall–Kier alpha value is -0.830. The molecule has 0 unspecified atom stereocenters. The fourth-order valence-electron chi connectivity index (χ4n) is 2.53. The van der Waals surface area contributed by atoms with Crippen LogP contribution in [0.1, 0.15) is 64.4 Å². The minimum absolute atomic E-state index is 0.190. The number of aryl methyl sites for hydroxylation is 2. The summed E-state index contributed by atoms with van der Waals surface area (Å²) in [5.74, 6) is 0.780. The molecule has 0 radical (unpaired) electrons. The standard InChI is InChI=1S/C17H33N3/c1-13(2)9-8-12-20-15(4)16(14(3)19-20)10-11-18-17(5,6)7/h13,18H,8-12H2,1-7H3. The highest BCUT2D eigenvalue weighted by atomic mass is 15.3. The molecular weight excluding hydrogens is 246 g/mol. The monoisotopic (exact) mass is 279 g/mol. The van der Waals surface area contributed by atoms with Crippen molar-refractivity contribution in [2.75, 3.05) is 6.54 Å². The molecule has 0 aliphatic rings. The zero-order valence-electron chi connectivity index (χ0n) is 14.5. The van der Waals surface area contributed by atoms with Crippen molar-refractivity contribution in [3.63, 3.8) is 0 Å². The van der Waals surface area contributed by atoms with E-state index in [0.29, 0.717) is 0 Å². The number of rotatable bonds is 7. The van der Waals surface area contributed by atoms with Crippen LogP contribution >= 0.6 is 0 Å². The van der Waals surface area contributed by atoms with E-state index in [1.165, 1.54) is 29.8 Å². The maximum atomic E-state index is 4.71. The fraction of sp³-hybridized carbons (Fsp3) is 0.824. The van der Waals surface area contributed by atoms with Gasteiger partial charge in [0.1, 0.15) is 0 Å². The molecule has 0 saturated carbocycles. The SMILES string of the molecule is Cc1nn(CCCC(C)C)c(C)c1CCNC(C)(C)C. The molecule has 1 heterocycles. The van der Waals surface area contributed by atoms with E-state index in [9.17, 15) is 0 Å². The predicted octanol–water partition coefficient (Wildman–Crippen LogP) is 3.87. The second kappa shape index (κ2) is 7.26. The van der Waals surface area contributed by atoms with E-state index in [4.69, 9.17) is 5.10 Å². The first-order valence-electron chi connectivity index (χ1n) is 7.98. The average Bonchev–Trinajstić information content (AvgIpc) is 2.54. The van der Waals surface area contributed by atoms with Crippen LogP contribution < -0.4 is 5.32 Å². The normalized spacial score (nSPS) is 12.4. The molecule has 0 saturated heterocycles. The Labute approximate surface area is 125 Å². The molecule has 0 bridgehead atoms. The van der Waals surface area contributed by atoms with Crippen LogP contribution in [0.2, 0.25) is 0 Å². The molecule has 0 fully saturated rings. The summed E-state index contributed by atoms with van der Waals surface area (Å²) in [6, 6.07) is 0. The summed E-state index contributed by atoms with van der Waals surface area (Å²) in [7, 11) is 0. The van der Waals surface area contributed by atoms with Crippen molar-refractivity contribution >= 4 is 0 Å². The molecular formula is C17H33N3. The highest BCUT2D eigenvalue weighted by Gasteiger charge is 2.13. The highest BCUT2D eigenvalue weighted by Crippen LogP contribution is 2.15.